The summed E-state index contributed by atoms with van der Waals surface area (Å²) in [4.78, 5) is 32.5. The highest BCUT2D eigenvalue weighted by Crippen LogP contribution is 1.95. The van der Waals surface area contributed by atoms with Gasteiger partial charge in [0, 0.05) is 32.4 Å². The summed E-state index contributed by atoms with van der Waals surface area (Å²) < 4.78 is 0. The molecule has 0 aromatic heterocycles. The Morgan fingerprint density at radius 3 is 2.06 bits per heavy atom. The van der Waals surface area contributed by atoms with Crippen LogP contribution in [0.4, 0.5) is 0 Å². The summed E-state index contributed by atoms with van der Waals surface area (Å²) in [5, 5.41) is 13.6. The monoisotopic (exact) mass is 244 g/mol. The zero-order valence-electron chi connectivity index (χ0n) is 10.1. The fourth-order valence-electron chi connectivity index (χ4n) is 1.25. The van der Waals surface area contributed by atoms with Gasteiger partial charge in [-0.25, -0.2) is 0 Å². The van der Waals surface area contributed by atoms with Crippen LogP contribution in [-0.2, 0) is 14.4 Å². The lowest BCUT2D eigenvalue weighted by Gasteiger charge is -2.04. The van der Waals surface area contributed by atoms with E-state index >= 15 is 0 Å². The number of carbonyl (C=O) groups is 3. The molecule has 0 radical (unpaired) electrons. The fourth-order valence-corrected chi connectivity index (χ4v) is 1.25. The maximum atomic E-state index is 11.2. The third kappa shape index (κ3) is 10.7. The van der Waals surface area contributed by atoms with E-state index in [1.165, 1.54) is 0 Å². The zero-order chi connectivity index (χ0) is 13.1. The van der Waals surface area contributed by atoms with Crippen LogP contribution >= 0.6 is 0 Å². The van der Waals surface area contributed by atoms with E-state index in [0.29, 0.717) is 38.8 Å². The zero-order valence-corrected chi connectivity index (χ0v) is 10.1. The number of hydrogen-bond donors (Lipinski definition) is 3. The number of nitrogens with one attached hydrogen (secondary N) is 2. The first kappa shape index (κ1) is 15.4. The Kier molecular flexibility index (Phi) is 8.72. The molecule has 0 rings (SSSR count). The van der Waals surface area contributed by atoms with Gasteiger partial charge in [0.2, 0.25) is 11.8 Å². The van der Waals surface area contributed by atoms with Crippen molar-refractivity contribution >= 4 is 17.8 Å². The number of rotatable bonds is 9. The Morgan fingerprint density at radius 2 is 1.53 bits per heavy atom. The van der Waals surface area contributed by atoms with Crippen molar-refractivity contribution in [2.24, 2.45) is 0 Å². The van der Waals surface area contributed by atoms with E-state index in [0.717, 1.165) is 0 Å². The second kappa shape index (κ2) is 9.62. The van der Waals surface area contributed by atoms with Gasteiger partial charge >= 0.3 is 5.97 Å². The molecule has 0 aromatic rings. The summed E-state index contributed by atoms with van der Waals surface area (Å²) in [5.74, 6) is -1.05. The van der Waals surface area contributed by atoms with Crippen LogP contribution in [0.3, 0.4) is 0 Å². The molecule has 0 aromatic carbocycles. The molecule has 0 bridgehead atoms. The summed E-state index contributed by atoms with van der Waals surface area (Å²) in [5.41, 5.74) is 0. The molecule has 0 aliphatic heterocycles. The molecule has 98 valence electrons. The average molecular weight is 244 g/mol. The van der Waals surface area contributed by atoms with Crippen molar-refractivity contribution in [1.29, 1.82) is 0 Å². The standard InChI is InChI=1S/C11H20N2O4/c1-2-12-9(14)5-3-6-10(15)13-8-4-7-11(16)17/h2-8H2,1H3,(H,12,14)(H,13,15)(H,16,17). The third-order valence-electron chi connectivity index (χ3n) is 2.07. The summed E-state index contributed by atoms with van der Waals surface area (Å²) in [6.45, 7) is 2.81. The lowest BCUT2D eigenvalue weighted by Crippen LogP contribution is -2.26. The minimum Gasteiger partial charge on any atom is -0.481 e. The molecule has 0 saturated heterocycles. The minimum atomic E-state index is -0.865. The van der Waals surface area contributed by atoms with Crippen molar-refractivity contribution in [2.75, 3.05) is 13.1 Å². The molecule has 0 spiro atoms. The van der Waals surface area contributed by atoms with Crippen LogP contribution < -0.4 is 10.6 Å². The van der Waals surface area contributed by atoms with Crippen LogP contribution in [-0.4, -0.2) is 36.0 Å². The fraction of sp³-hybridized carbons (Fsp3) is 0.727. The lowest BCUT2D eigenvalue weighted by atomic mass is 10.2. The Balaban J connectivity index is 3.40. The van der Waals surface area contributed by atoms with E-state index in [4.69, 9.17) is 5.11 Å². The average Bonchev–Trinajstić information content (AvgIpc) is 2.24. The van der Waals surface area contributed by atoms with Gasteiger partial charge in [0.15, 0.2) is 0 Å². The van der Waals surface area contributed by atoms with Crippen molar-refractivity contribution in [3.63, 3.8) is 0 Å². The van der Waals surface area contributed by atoms with Crippen LogP contribution in [0.25, 0.3) is 0 Å². The number of amides is 2. The molecule has 0 aliphatic carbocycles. The lowest BCUT2D eigenvalue weighted by molar-refractivity contribution is -0.137. The highest BCUT2D eigenvalue weighted by atomic mass is 16.4. The van der Waals surface area contributed by atoms with Crippen LogP contribution in [0.15, 0.2) is 0 Å². The van der Waals surface area contributed by atoms with Crippen LogP contribution in [0.5, 0.6) is 0 Å². The van der Waals surface area contributed by atoms with E-state index in [2.05, 4.69) is 10.6 Å². The van der Waals surface area contributed by atoms with Gasteiger partial charge in [0.05, 0.1) is 0 Å². The number of carboxylic acid groups (broad SMARTS) is 1. The van der Waals surface area contributed by atoms with Crippen molar-refractivity contribution in [2.45, 2.75) is 39.0 Å². The van der Waals surface area contributed by atoms with E-state index in [1.807, 2.05) is 6.92 Å². The minimum absolute atomic E-state index is 0.0498. The van der Waals surface area contributed by atoms with Crippen LogP contribution in [0.1, 0.15) is 39.0 Å². The molecule has 3 N–H and O–H groups in total. The van der Waals surface area contributed by atoms with E-state index in [1.54, 1.807) is 0 Å². The molecule has 0 saturated carbocycles. The van der Waals surface area contributed by atoms with Gasteiger partial charge in [0.1, 0.15) is 0 Å². The van der Waals surface area contributed by atoms with Crippen molar-refractivity contribution in [3.8, 4) is 0 Å². The quantitative estimate of drug-likeness (QED) is 0.507. The topological polar surface area (TPSA) is 95.5 Å². The number of hydrogen-bond acceptors (Lipinski definition) is 3. The van der Waals surface area contributed by atoms with Gasteiger partial charge in [0.25, 0.3) is 0 Å². The molecule has 0 aliphatic rings. The summed E-state index contributed by atoms with van der Waals surface area (Å²) in [6, 6.07) is 0. The summed E-state index contributed by atoms with van der Waals surface area (Å²) in [7, 11) is 0. The molecule has 17 heavy (non-hydrogen) atoms. The molecule has 0 heterocycles. The van der Waals surface area contributed by atoms with Gasteiger partial charge in [-0.05, 0) is 19.8 Å². The molecule has 2 amide bonds. The Bertz CT molecular complexity index is 266. The normalized spacial score (nSPS) is 9.71. The van der Waals surface area contributed by atoms with E-state index < -0.39 is 5.97 Å². The van der Waals surface area contributed by atoms with E-state index in [-0.39, 0.29) is 18.2 Å². The van der Waals surface area contributed by atoms with Gasteiger partial charge in [-0.15, -0.1) is 0 Å². The molecule has 6 nitrogen and oxygen atoms in total. The predicted octanol–water partition coefficient (Wildman–Crippen LogP) is 0.274. The maximum absolute atomic E-state index is 11.2. The largest absolute Gasteiger partial charge is 0.481 e. The SMILES string of the molecule is CCNC(=O)CCCC(=O)NCCCC(=O)O. The first-order chi connectivity index (χ1) is 8.06. The number of carboxylic acids is 1. The molecule has 0 atom stereocenters. The van der Waals surface area contributed by atoms with Crippen LogP contribution in [0, 0.1) is 0 Å². The highest BCUT2D eigenvalue weighted by Gasteiger charge is 2.04. The van der Waals surface area contributed by atoms with Gasteiger partial charge in [-0.1, -0.05) is 0 Å². The maximum Gasteiger partial charge on any atom is 0.303 e. The van der Waals surface area contributed by atoms with Crippen molar-refractivity contribution in [3.05, 3.63) is 0 Å². The first-order valence-corrected chi connectivity index (χ1v) is 5.81. The second-order valence-electron chi connectivity index (χ2n) is 3.65. The molecule has 0 unspecified atom stereocenters. The Morgan fingerprint density at radius 1 is 0.941 bits per heavy atom. The molecular weight excluding hydrogens is 224 g/mol. The smallest absolute Gasteiger partial charge is 0.303 e. The van der Waals surface area contributed by atoms with Gasteiger partial charge in [-0.2, -0.15) is 0 Å². The van der Waals surface area contributed by atoms with Gasteiger partial charge in [-0.3, -0.25) is 14.4 Å². The van der Waals surface area contributed by atoms with Gasteiger partial charge < -0.3 is 15.7 Å². The van der Waals surface area contributed by atoms with E-state index in [9.17, 15) is 14.4 Å². The Hall–Kier alpha value is -1.59. The number of aliphatic carboxylic acids is 1. The molecule has 0 fully saturated rings. The van der Waals surface area contributed by atoms with Crippen LogP contribution in [0.2, 0.25) is 0 Å². The third-order valence-corrected chi connectivity index (χ3v) is 2.07. The summed E-state index contributed by atoms with van der Waals surface area (Å²) in [6.07, 6.45) is 1.63. The second-order valence-corrected chi connectivity index (χ2v) is 3.65. The number of carbonyl (C=O) groups excluding carboxylic acids is 2. The van der Waals surface area contributed by atoms with Crippen molar-refractivity contribution in [1.82, 2.24) is 10.6 Å². The first-order valence-electron chi connectivity index (χ1n) is 5.81. The Labute approximate surface area is 101 Å². The molecular formula is C11H20N2O4. The van der Waals surface area contributed by atoms with Crippen molar-refractivity contribution < 1.29 is 19.5 Å². The highest BCUT2D eigenvalue weighted by molar-refractivity contribution is 5.78. The summed E-state index contributed by atoms with van der Waals surface area (Å²) >= 11 is 0. The molecule has 6 heteroatoms. The predicted molar refractivity (Wildman–Crippen MR) is 62.4 cm³/mol.